The minimum absolute atomic E-state index is 0.0143. The van der Waals surface area contributed by atoms with E-state index in [1.54, 1.807) is 19.1 Å². The highest BCUT2D eigenvalue weighted by Gasteiger charge is 2.10. The molecule has 0 atom stereocenters. The van der Waals surface area contributed by atoms with Gasteiger partial charge in [0.1, 0.15) is 12.4 Å². The van der Waals surface area contributed by atoms with E-state index in [1.807, 2.05) is 38.1 Å². The number of carbonyl (C=O) groups is 1. The quantitative estimate of drug-likeness (QED) is 0.777. The fourth-order valence-electron chi connectivity index (χ4n) is 1.44. The molecule has 1 rings (SSSR count). The summed E-state index contributed by atoms with van der Waals surface area (Å²) >= 11 is 0. The molecule has 0 bridgehead atoms. The maximum absolute atomic E-state index is 11.8. The molecule has 0 aliphatic heterocycles. The van der Waals surface area contributed by atoms with E-state index in [0.29, 0.717) is 6.54 Å². The SMILES string of the molecule is COc1ccc(CN(C)C(=O)COC(C)C)cc1. The van der Waals surface area contributed by atoms with E-state index < -0.39 is 0 Å². The van der Waals surface area contributed by atoms with Crippen molar-refractivity contribution in [2.75, 3.05) is 20.8 Å². The molecule has 0 aliphatic rings. The third-order valence-corrected chi connectivity index (χ3v) is 2.54. The molecule has 1 amide bonds. The first-order valence-electron chi connectivity index (χ1n) is 6.01. The zero-order chi connectivity index (χ0) is 13.5. The zero-order valence-corrected chi connectivity index (χ0v) is 11.5. The van der Waals surface area contributed by atoms with Crippen molar-refractivity contribution >= 4 is 5.91 Å². The lowest BCUT2D eigenvalue weighted by atomic mass is 10.2. The highest BCUT2D eigenvalue weighted by molar-refractivity contribution is 5.77. The zero-order valence-electron chi connectivity index (χ0n) is 11.5. The number of ether oxygens (including phenoxy) is 2. The van der Waals surface area contributed by atoms with Crippen molar-refractivity contribution in [3.05, 3.63) is 29.8 Å². The summed E-state index contributed by atoms with van der Waals surface area (Å²) in [5.41, 5.74) is 1.07. The monoisotopic (exact) mass is 251 g/mol. The maximum atomic E-state index is 11.8. The maximum Gasteiger partial charge on any atom is 0.248 e. The first-order chi connectivity index (χ1) is 8.52. The summed E-state index contributed by atoms with van der Waals surface area (Å²) in [7, 11) is 3.41. The molecule has 0 saturated heterocycles. The average molecular weight is 251 g/mol. The van der Waals surface area contributed by atoms with Gasteiger partial charge < -0.3 is 14.4 Å². The fraction of sp³-hybridized carbons (Fsp3) is 0.500. The molecule has 1 aromatic rings. The lowest BCUT2D eigenvalue weighted by molar-refractivity contribution is -0.136. The molecule has 4 nitrogen and oxygen atoms in total. The smallest absolute Gasteiger partial charge is 0.248 e. The van der Waals surface area contributed by atoms with Gasteiger partial charge in [0.25, 0.3) is 0 Å². The third kappa shape index (κ3) is 4.75. The second kappa shape index (κ2) is 7.01. The second-order valence-electron chi connectivity index (χ2n) is 4.46. The van der Waals surface area contributed by atoms with E-state index in [4.69, 9.17) is 9.47 Å². The van der Waals surface area contributed by atoms with E-state index in [1.165, 1.54) is 0 Å². The van der Waals surface area contributed by atoms with Crippen LogP contribution in [0.4, 0.5) is 0 Å². The Labute approximate surface area is 108 Å². The topological polar surface area (TPSA) is 38.8 Å². The Morgan fingerprint density at radius 2 is 1.89 bits per heavy atom. The summed E-state index contributed by atoms with van der Waals surface area (Å²) in [5, 5.41) is 0. The largest absolute Gasteiger partial charge is 0.497 e. The summed E-state index contributed by atoms with van der Waals surface area (Å²) < 4.78 is 10.4. The second-order valence-corrected chi connectivity index (χ2v) is 4.46. The van der Waals surface area contributed by atoms with E-state index in [-0.39, 0.29) is 18.6 Å². The Kier molecular flexibility index (Phi) is 5.65. The van der Waals surface area contributed by atoms with Crippen LogP contribution in [-0.4, -0.2) is 37.7 Å². The number of rotatable bonds is 6. The van der Waals surface area contributed by atoms with Crippen molar-refractivity contribution in [3.8, 4) is 5.75 Å². The summed E-state index contributed by atoms with van der Waals surface area (Å²) in [6.45, 7) is 4.53. The minimum Gasteiger partial charge on any atom is -0.497 e. The third-order valence-electron chi connectivity index (χ3n) is 2.54. The molecule has 0 radical (unpaired) electrons. The summed E-state index contributed by atoms with van der Waals surface area (Å²) in [5.74, 6) is 0.801. The van der Waals surface area contributed by atoms with Gasteiger partial charge in [-0.2, -0.15) is 0 Å². The Balaban J connectivity index is 2.47. The normalized spacial score (nSPS) is 10.5. The molecule has 100 valence electrons. The molecular weight excluding hydrogens is 230 g/mol. The minimum atomic E-state index is -0.0143. The average Bonchev–Trinajstić information content (AvgIpc) is 2.36. The van der Waals surface area contributed by atoms with Gasteiger partial charge in [-0.1, -0.05) is 12.1 Å². The number of methoxy groups -OCH3 is 1. The molecule has 18 heavy (non-hydrogen) atoms. The van der Waals surface area contributed by atoms with Crippen LogP contribution in [0.15, 0.2) is 24.3 Å². The van der Waals surface area contributed by atoms with Gasteiger partial charge in [-0.15, -0.1) is 0 Å². The number of benzene rings is 1. The number of hydrogen-bond acceptors (Lipinski definition) is 3. The van der Waals surface area contributed by atoms with Crippen molar-refractivity contribution in [2.24, 2.45) is 0 Å². The van der Waals surface area contributed by atoms with E-state index in [2.05, 4.69) is 0 Å². The molecule has 0 aliphatic carbocycles. The van der Waals surface area contributed by atoms with Gasteiger partial charge in [-0.3, -0.25) is 4.79 Å². The van der Waals surface area contributed by atoms with Crippen LogP contribution >= 0.6 is 0 Å². The van der Waals surface area contributed by atoms with E-state index >= 15 is 0 Å². The Bertz CT molecular complexity index is 373. The Morgan fingerprint density at radius 1 is 1.28 bits per heavy atom. The highest BCUT2D eigenvalue weighted by Crippen LogP contribution is 2.12. The molecule has 0 heterocycles. The number of amides is 1. The Hall–Kier alpha value is -1.55. The molecular formula is C14H21NO3. The van der Waals surface area contributed by atoms with E-state index in [9.17, 15) is 4.79 Å². The lowest BCUT2D eigenvalue weighted by Gasteiger charge is -2.18. The van der Waals surface area contributed by atoms with Crippen LogP contribution in [0.5, 0.6) is 5.75 Å². The molecule has 1 aromatic carbocycles. The van der Waals surface area contributed by atoms with Crippen LogP contribution in [-0.2, 0) is 16.1 Å². The van der Waals surface area contributed by atoms with Gasteiger partial charge in [0.05, 0.1) is 13.2 Å². The standard InChI is InChI=1S/C14H21NO3/c1-11(2)18-10-14(16)15(3)9-12-5-7-13(17-4)8-6-12/h5-8,11H,9-10H2,1-4H3. The predicted molar refractivity (Wildman–Crippen MR) is 70.6 cm³/mol. The molecule has 0 unspecified atom stereocenters. The Morgan fingerprint density at radius 3 is 2.39 bits per heavy atom. The molecule has 0 N–H and O–H groups in total. The predicted octanol–water partition coefficient (Wildman–Crippen LogP) is 2.08. The molecule has 0 spiro atoms. The van der Waals surface area contributed by atoms with Gasteiger partial charge in [-0.25, -0.2) is 0 Å². The van der Waals surface area contributed by atoms with Crippen molar-refractivity contribution in [1.29, 1.82) is 0 Å². The van der Waals surface area contributed by atoms with Crippen LogP contribution in [0.2, 0.25) is 0 Å². The number of nitrogens with zero attached hydrogens (tertiary/aromatic N) is 1. The van der Waals surface area contributed by atoms with Crippen LogP contribution in [0.3, 0.4) is 0 Å². The van der Waals surface area contributed by atoms with Crippen LogP contribution in [0, 0.1) is 0 Å². The summed E-state index contributed by atoms with van der Waals surface area (Å²) in [4.78, 5) is 13.4. The van der Waals surface area contributed by atoms with Crippen LogP contribution in [0.25, 0.3) is 0 Å². The van der Waals surface area contributed by atoms with E-state index in [0.717, 1.165) is 11.3 Å². The highest BCUT2D eigenvalue weighted by atomic mass is 16.5. The molecule has 0 fully saturated rings. The van der Waals surface area contributed by atoms with Crippen molar-refractivity contribution in [3.63, 3.8) is 0 Å². The van der Waals surface area contributed by atoms with Gasteiger partial charge in [0.2, 0.25) is 5.91 Å². The first kappa shape index (κ1) is 14.5. The summed E-state index contributed by atoms with van der Waals surface area (Å²) in [6.07, 6.45) is 0.0725. The summed E-state index contributed by atoms with van der Waals surface area (Å²) in [6, 6.07) is 7.67. The number of carbonyl (C=O) groups excluding carboxylic acids is 1. The molecule has 4 heteroatoms. The van der Waals surface area contributed by atoms with Crippen molar-refractivity contribution in [2.45, 2.75) is 26.5 Å². The van der Waals surface area contributed by atoms with Crippen molar-refractivity contribution in [1.82, 2.24) is 4.90 Å². The van der Waals surface area contributed by atoms with Crippen LogP contribution in [0.1, 0.15) is 19.4 Å². The number of hydrogen-bond donors (Lipinski definition) is 0. The molecule has 0 aromatic heterocycles. The van der Waals surface area contributed by atoms with Gasteiger partial charge >= 0.3 is 0 Å². The fourth-order valence-corrected chi connectivity index (χ4v) is 1.44. The van der Waals surface area contributed by atoms with Crippen LogP contribution < -0.4 is 4.74 Å². The van der Waals surface area contributed by atoms with Gasteiger partial charge in [0, 0.05) is 13.6 Å². The lowest BCUT2D eigenvalue weighted by Crippen LogP contribution is -2.30. The first-order valence-corrected chi connectivity index (χ1v) is 6.01. The van der Waals surface area contributed by atoms with Crippen molar-refractivity contribution < 1.29 is 14.3 Å². The molecule has 0 saturated carbocycles. The number of likely N-dealkylation sites (N-methyl/N-ethyl adjacent to an activating group) is 1. The van der Waals surface area contributed by atoms with Gasteiger partial charge in [-0.05, 0) is 31.5 Å². The van der Waals surface area contributed by atoms with Gasteiger partial charge in [0.15, 0.2) is 0 Å².